The van der Waals surface area contributed by atoms with Gasteiger partial charge in [0.05, 0.1) is 11.2 Å². The molecule has 0 amide bonds. The maximum absolute atomic E-state index is 4.50. The maximum atomic E-state index is 4.50. The van der Waals surface area contributed by atoms with Gasteiger partial charge in [-0.15, -0.1) is 0 Å². The summed E-state index contributed by atoms with van der Waals surface area (Å²) in [6.45, 7) is 2.20. The van der Waals surface area contributed by atoms with E-state index in [4.69, 9.17) is 0 Å². The van der Waals surface area contributed by atoms with Crippen LogP contribution in [0, 0.1) is 0 Å². The maximum Gasteiger partial charge on any atom is 0.0941 e. The Morgan fingerprint density at radius 1 is 1.25 bits per heavy atom. The molecule has 1 aliphatic rings. The van der Waals surface area contributed by atoms with Gasteiger partial charge in [0.1, 0.15) is 0 Å². The Morgan fingerprint density at radius 2 is 2.12 bits per heavy atom. The Labute approximate surface area is 95.2 Å². The zero-order valence-electron chi connectivity index (χ0n) is 9.51. The van der Waals surface area contributed by atoms with Crippen LogP contribution < -0.4 is 4.90 Å². The van der Waals surface area contributed by atoms with E-state index in [2.05, 4.69) is 54.2 Å². The number of hydrogen-bond donors (Lipinski definition) is 0. The normalized spacial score (nSPS) is 18.9. The molecule has 2 nitrogen and oxygen atoms in total. The van der Waals surface area contributed by atoms with Crippen LogP contribution >= 0.6 is 0 Å². The van der Waals surface area contributed by atoms with Gasteiger partial charge < -0.3 is 4.90 Å². The summed E-state index contributed by atoms with van der Waals surface area (Å²) in [5, 5.41) is 1.20. The van der Waals surface area contributed by atoms with Gasteiger partial charge in [-0.3, -0.25) is 4.98 Å². The van der Waals surface area contributed by atoms with Crippen LogP contribution in [-0.2, 0) is 0 Å². The smallest absolute Gasteiger partial charge is 0.0941 e. The van der Waals surface area contributed by atoms with Crippen LogP contribution in [0.3, 0.4) is 0 Å². The highest BCUT2D eigenvalue weighted by atomic mass is 15.1. The van der Waals surface area contributed by atoms with E-state index in [1.807, 2.05) is 12.3 Å². The second-order valence-corrected chi connectivity index (χ2v) is 4.29. The molecule has 1 aromatic carbocycles. The lowest BCUT2D eigenvalue weighted by Crippen LogP contribution is -2.29. The van der Waals surface area contributed by atoms with Crippen LogP contribution in [0.5, 0.6) is 0 Å². The van der Waals surface area contributed by atoms with Crippen molar-refractivity contribution in [2.24, 2.45) is 0 Å². The van der Waals surface area contributed by atoms with Gasteiger partial charge in [-0.25, -0.2) is 0 Å². The number of pyridine rings is 1. The van der Waals surface area contributed by atoms with Crippen LogP contribution in [0.2, 0.25) is 0 Å². The van der Waals surface area contributed by atoms with Crippen LogP contribution in [0.25, 0.3) is 17.0 Å². The first kappa shape index (κ1) is 9.40. The second kappa shape index (κ2) is 3.34. The lowest BCUT2D eigenvalue weighted by molar-refractivity contribution is 0.820. The summed E-state index contributed by atoms with van der Waals surface area (Å²) < 4.78 is 0. The average Bonchev–Trinajstić information content (AvgIpc) is 2.33. The SMILES string of the molecule is CC1C=Cc2ccc3cccnc3c2N1C. The summed E-state index contributed by atoms with van der Waals surface area (Å²) >= 11 is 0. The van der Waals surface area contributed by atoms with Gasteiger partial charge in [0.15, 0.2) is 0 Å². The molecule has 0 saturated heterocycles. The molecule has 1 aromatic heterocycles. The standard InChI is InChI=1S/C14H14N2/c1-10-5-6-12-8-7-11-4-3-9-15-13(11)14(12)16(10)2/h3-10H,1-2H3. The highest BCUT2D eigenvalue weighted by Crippen LogP contribution is 2.33. The molecular weight excluding hydrogens is 196 g/mol. The molecule has 16 heavy (non-hydrogen) atoms. The largest absolute Gasteiger partial charge is 0.366 e. The summed E-state index contributed by atoms with van der Waals surface area (Å²) in [6.07, 6.45) is 6.27. The van der Waals surface area contributed by atoms with Gasteiger partial charge in [0.2, 0.25) is 0 Å². The molecule has 0 spiro atoms. The van der Waals surface area contributed by atoms with Gasteiger partial charge in [-0.1, -0.05) is 30.4 Å². The number of fused-ring (bicyclic) bond motifs is 3. The number of nitrogens with zero attached hydrogens (tertiary/aromatic N) is 2. The molecule has 0 bridgehead atoms. The topological polar surface area (TPSA) is 16.1 Å². The van der Waals surface area contributed by atoms with E-state index in [9.17, 15) is 0 Å². The third-order valence-electron chi connectivity index (χ3n) is 3.30. The van der Waals surface area contributed by atoms with Gasteiger partial charge in [0, 0.05) is 24.7 Å². The molecule has 2 heteroatoms. The molecule has 80 valence electrons. The fourth-order valence-corrected chi connectivity index (χ4v) is 2.23. The zero-order chi connectivity index (χ0) is 11.1. The third kappa shape index (κ3) is 1.23. The minimum atomic E-state index is 0.431. The molecule has 0 N–H and O–H groups in total. The molecule has 1 unspecified atom stereocenters. The Hall–Kier alpha value is -1.83. The van der Waals surface area contributed by atoms with E-state index in [1.54, 1.807) is 0 Å². The van der Waals surface area contributed by atoms with Crippen molar-refractivity contribution in [1.29, 1.82) is 0 Å². The molecule has 2 aromatic rings. The Bertz CT molecular complexity index is 572. The summed E-state index contributed by atoms with van der Waals surface area (Å²) in [7, 11) is 2.13. The first-order valence-electron chi connectivity index (χ1n) is 5.56. The molecule has 2 heterocycles. The van der Waals surface area contributed by atoms with Gasteiger partial charge >= 0.3 is 0 Å². The van der Waals surface area contributed by atoms with Crippen molar-refractivity contribution in [3.63, 3.8) is 0 Å². The molecule has 3 rings (SSSR count). The minimum Gasteiger partial charge on any atom is -0.366 e. The Balaban J connectivity index is 2.37. The molecule has 0 radical (unpaired) electrons. The van der Waals surface area contributed by atoms with E-state index < -0.39 is 0 Å². The van der Waals surface area contributed by atoms with Gasteiger partial charge in [-0.2, -0.15) is 0 Å². The van der Waals surface area contributed by atoms with Crippen molar-refractivity contribution in [1.82, 2.24) is 4.98 Å². The van der Waals surface area contributed by atoms with Crippen molar-refractivity contribution in [3.8, 4) is 0 Å². The molecule has 1 atom stereocenters. The number of aromatic nitrogens is 1. The number of anilines is 1. The molecule has 1 aliphatic heterocycles. The van der Waals surface area contributed by atoms with Crippen LogP contribution in [0.15, 0.2) is 36.5 Å². The highest BCUT2D eigenvalue weighted by Gasteiger charge is 2.18. The van der Waals surface area contributed by atoms with E-state index >= 15 is 0 Å². The van der Waals surface area contributed by atoms with Crippen LogP contribution in [-0.4, -0.2) is 18.1 Å². The van der Waals surface area contributed by atoms with Crippen molar-refractivity contribution in [2.75, 3.05) is 11.9 Å². The van der Waals surface area contributed by atoms with E-state index in [-0.39, 0.29) is 0 Å². The molecule has 0 aliphatic carbocycles. The number of rotatable bonds is 0. The van der Waals surface area contributed by atoms with Crippen LogP contribution in [0.4, 0.5) is 5.69 Å². The highest BCUT2D eigenvalue weighted by molar-refractivity contribution is 5.96. The van der Waals surface area contributed by atoms with E-state index in [1.165, 1.54) is 16.6 Å². The first-order valence-corrected chi connectivity index (χ1v) is 5.56. The molecule has 0 saturated carbocycles. The fraction of sp³-hybridized carbons (Fsp3) is 0.214. The van der Waals surface area contributed by atoms with Gasteiger partial charge in [0.25, 0.3) is 0 Å². The zero-order valence-corrected chi connectivity index (χ0v) is 9.51. The summed E-state index contributed by atoms with van der Waals surface area (Å²) in [4.78, 5) is 6.79. The Morgan fingerprint density at radius 3 is 3.00 bits per heavy atom. The minimum absolute atomic E-state index is 0.431. The third-order valence-corrected chi connectivity index (χ3v) is 3.30. The van der Waals surface area contributed by atoms with E-state index in [0.717, 1.165) is 5.52 Å². The number of benzene rings is 1. The predicted molar refractivity (Wildman–Crippen MR) is 68.6 cm³/mol. The summed E-state index contributed by atoms with van der Waals surface area (Å²) in [5.41, 5.74) is 3.60. The summed E-state index contributed by atoms with van der Waals surface area (Å²) in [6, 6.07) is 8.82. The number of hydrogen-bond acceptors (Lipinski definition) is 2. The quantitative estimate of drug-likeness (QED) is 0.664. The van der Waals surface area contributed by atoms with E-state index in [0.29, 0.717) is 6.04 Å². The number of likely N-dealkylation sites (N-methyl/N-ethyl adjacent to an activating group) is 1. The fourth-order valence-electron chi connectivity index (χ4n) is 2.23. The molecular formula is C14H14N2. The second-order valence-electron chi connectivity index (χ2n) is 4.29. The van der Waals surface area contributed by atoms with Crippen molar-refractivity contribution in [2.45, 2.75) is 13.0 Å². The Kier molecular flexibility index (Phi) is 1.96. The monoisotopic (exact) mass is 210 g/mol. The average molecular weight is 210 g/mol. The van der Waals surface area contributed by atoms with Gasteiger partial charge in [-0.05, 0) is 18.6 Å². The predicted octanol–water partition coefficient (Wildman–Crippen LogP) is 3.09. The van der Waals surface area contributed by atoms with Crippen molar-refractivity contribution < 1.29 is 0 Å². The lowest BCUT2D eigenvalue weighted by Gasteiger charge is -2.30. The summed E-state index contributed by atoms with van der Waals surface area (Å²) in [5.74, 6) is 0. The first-order chi connectivity index (χ1) is 7.77. The lowest BCUT2D eigenvalue weighted by atomic mass is 10.0. The van der Waals surface area contributed by atoms with Crippen molar-refractivity contribution >= 4 is 22.7 Å². The molecule has 0 fully saturated rings. The van der Waals surface area contributed by atoms with Crippen molar-refractivity contribution in [3.05, 3.63) is 42.1 Å². The van der Waals surface area contributed by atoms with Crippen LogP contribution in [0.1, 0.15) is 12.5 Å².